The van der Waals surface area contributed by atoms with Gasteiger partial charge in [-0.2, -0.15) is 0 Å². The fourth-order valence-electron chi connectivity index (χ4n) is 1.73. The van der Waals surface area contributed by atoms with E-state index in [1.807, 2.05) is 0 Å². The molecule has 96 valence electrons. The van der Waals surface area contributed by atoms with Crippen LogP contribution >= 0.6 is 0 Å². The molecule has 0 aromatic heterocycles. The number of carbonyl (C=O) groups excluding carboxylic acids is 2. The molecule has 1 aliphatic rings. The van der Waals surface area contributed by atoms with Gasteiger partial charge in [-0.15, -0.1) is 0 Å². The number of ether oxygens (including phenoxy) is 2. The molecule has 0 N–H and O–H groups in total. The summed E-state index contributed by atoms with van der Waals surface area (Å²) < 4.78 is 10.8. The molecule has 1 unspecified atom stereocenters. The summed E-state index contributed by atoms with van der Waals surface area (Å²) in [5, 5.41) is 21.3. The summed E-state index contributed by atoms with van der Waals surface area (Å²) in [6.45, 7) is 0.0913. The Labute approximate surface area is 103 Å². The number of carboxylic acids is 2. The second-order valence-corrected chi connectivity index (χ2v) is 3.92. The molecule has 1 aromatic rings. The molecule has 0 fully saturated rings. The number of fused-ring (bicyclic) bond motifs is 1. The number of hydrogen-bond acceptors (Lipinski definition) is 6. The molecule has 1 aliphatic heterocycles. The third-order valence-corrected chi connectivity index (χ3v) is 2.64. The molecule has 1 aromatic carbocycles. The molecule has 0 saturated heterocycles. The van der Waals surface area contributed by atoms with Crippen LogP contribution in [-0.2, 0) is 9.59 Å². The minimum absolute atomic E-state index is 0.0913. The molecule has 0 spiro atoms. The molecule has 2 rings (SSSR count). The van der Waals surface area contributed by atoms with Gasteiger partial charge in [-0.25, -0.2) is 0 Å². The highest BCUT2D eigenvalue weighted by Gasteiger charge is 2.25. The van der Waals surface area contributed by atoms with Gasteiger partial charge < -0.3 is 29.3 Å². The molecule has 18 heavy (non-hydrogen) atoms. The number of rotatable bonds is 4. The number of hydrogen-bond donors (Lipinski definition) is 0. The topological polar surface area (TPSA) is 98.7 Å². The average Bonchev–Trinajstić information content (AvgIpc) is 2.35. The molecule has 1 heterocycles. The summed E-state index contributed by atoms with van der Waals surface area (Å²) in [6, 6.07) is 6.88. The van der Waals surface area contributed by atoms with Gasteiger partial charge in [-0.05, 0) is 12.1 Å². The summed E-state index contributed by atoms with van der Waals surface area (Å²) in [6.07, 6.45) is -0.903. The van der Waals surface area contributed by atoms with Crippen LogP contribution < -0.4 is 19.7 Å². The average molecular weight is 250 g/mol. The summed E-state index contributed by atoms with van der Waals surface area (Å²) in [5.74, 6) is -4.06. The van der Waals surface area contributed by atoms with Crippen molar-refractivity contribution in [3.05, 3.63) is 24.3 Å². The molecule has 0 radical (unpaired) electrons. The molecule has 0 amide bonds. The van der Waals surface area contributed by atoms with Crippen LogP contribution in [0.15, 0.2) is 24.3 Å². The van der Waals surface area contributed by atoms with Crippen molar-refractivity contribution in [2.75, 3.05) is 6.61 Å². The highest BCUT2D eigenvalue weighted by atomic mass is 16.6. The van der Waals surface area contributed by atoms with Gasteiger partial charge in [0.05, 0.1) is 11.9 Å². The number of carbonyl (C=O) groups is 2. The lowest BCUT2D eigenvalue weighted by Gasteiger charge is -2.29. The van der Waals surface area contributed by atoms with Gasteiger partial charge >= 0.3 is 0 Å². The molecule has 0 saturated carbocycles. The van der Waals surface area contributed by atoms with Crippen LogP contribution in [0.1, 0.15) is 6.42 Å². The molecule has 0 aliphatic carbocycles. The third kappa shape index (κ3) is 2.53. The quantitative estimate of drug-likeness (QED) is 0.593. The second-order valence-electron chi connectivity index (χ2n) is 3.92. The van der Waals surface area contributed by atoms with Crippen molar-refractivity contribution < 1.29 is 29.3 Å². The van der Waals surface area contributed by atoms with Crippen LogP contribution in [0, 0.1) is 5.92 Å². The number of carboxylic acid groups (broad SMARTS) is 2. The zero-order chi connectivity index (χ0) is 13.1. The van der Waals surface area contributed by atoms with Crippen LogP contribution in [0.3, 0.4) is 0 Å². The predicted octanol–water partition coefficient (Wildman–Crippen LogP) is -1.67. The van der Waals surface area contributed by atoms with Crippen molar-refractivity contribution >= 4 is 11.9 Å². The second kappa shape index (κ2) is 4.95. The van der Waals surface area contributed by atoms with Gasteiger partial charge in [0.25, 0.3) is 0 Å². The Bertz CT molecular complexity index is 455. The Hall–Kier alpha value is -2.24. The van der Waals surface area contributed by atoms with E-state index in [9.17, 15) is 19.8 Å². The SMILES string of the molecule is O=C([O-])C(CC1COc2ccccc2O1)C(=O)[O-]. The molecular weight excluding hydrogens is 240 g/mol. The van der Waals surface area contributed by atoms with Crippen molar-refractivity contribution in [1.29, 1.82) is 0 Å². The Kier molecular flexibility index (Phi) is 3.36. The largest absolute Gasteiger partial charge is 0.549 e. The minimum atomic E-state index is -1.70. The minimum Gasteiger partial charge on any atom is -0.549 e. The lowest BCUT2D eigenvalue weighted by molar-refractivity contribution is -0.332. The van der Waals surface area contributed by atoms with Gasteiger partial charge in [-0.1, -0.05) is 12.1 Å². The van der Waals surface area contributed by atoms with Crippen LogP contribution in [0.25, 0.3) is 0 Å². The highest BCUT2D eigenvalue weighted by Crippen LogP contribution is 2.32. The highest BCUT2D eigenvalue weighted by molar-refractivity contribution is 5.90. The Morgan fingerprint density at radius 3 is 2.44 bits per heavy atom. The lowest BCUT2D eigenvalue weighted by atomic mass is 10.0. The van der Waals surface area contributed by atoms with E-state index in [1.165, 1.54) is 0 Å². The van der Waals surface area contributed by atoms with E-state index in [2.05, 4.69) is 0 Å². The van der Waals surface area contributed by atoms with Crippen LogP contribution in [0.5, 0.6) is 11.5 Å². The summed E-state index contributed by atoms with van der Waals surface area (Å²) in [4.78, 5) is 21.3. The summed E-state index contributed by atoms with van der Waals surface area (Å²) >= 11 is 0. The maximum absolute atomic E-state index is 10.6. The van der Waals surface area contributed by atoms with E-state index in [1.54, 1.807) is 24.3 Å². The molecule has 6 heteroatoms. The van der Waals surface area contributed by atoms with E-state index >= 15 is 0 Å². The monoisotopic (exact) mass is 250 g/mol. The lowest BCUT2D eigenvalue weighted by Crippen LogP contribution is -2.46. The number of benzene rings is 1. The maximum atomic E-state index is 10.6. The van der Waals surface area contributed by atoms with Gasteiger partial charge in [-0.3, -0.25) is 0 Å². The van der Waals surface area contributed by atoms with E-state index in [4.69, 9.17) is 9.47 Å². The maximum Gasteiger partial charge on any atom is 0.161 e. The molecule has 6 nitrogen and oxygen atoms in total. The Morgan fingerprint density at radius 1 is 1.22 bits per heavy atom. The van der Waals surface area contributed by atoms with Crippen molar-refractivity contribution in [2.24, 2.45) is 5.92 Å². The first-order valence-electron chi connectivity index (χ1n) is 5.38. The van der Waals surface area contributed by atoms with Gasteiger partial charge in [0, 0.05) is 12.3 Å². The Morgan fingerprint density at radius 2 is 1.83 bits per heavy atom. The van der Waals surface area contributed by atoms with Crippen LogP contribution in [0.4, 0.5) is 0 Å². The number of para-hydroxylation sites is 2. The van der Waals surface area contributed by atoms with Crippen molar-refractivity contribution in [3.63, 3.8) is 0 Å². The first kappa shape index (κ1) is 12.2. The van der Waals surface area contributed by atoms with Crippen molar-refractivity contribution in [2.45, 2.75) is 12.5 Å². The number of aliphatic carboxylic acids is 2. The van der Waals surface area contributed by atoms with Crippen LogP contribution in [-0.4, -0.2) is 24.6 Å². The van der Waals surface area contributed by atoms with E-state index in [0.717, 1.165) is 0 Å². The first-order valence-corrected chi connectivity index (χ1v) is 5.38. The van der Waals surface area contributed by atoms with Crippen LogP contribution in [0.2, 0.25) is 0 Å². The smallest absolute Gasteiger partial charge is 0.161 e. The van der Waals surface area contributed by atoms with Gasteiger partial charge in [0.1, 0.15) is 12.7 Å². The fraction of sp³-hybridized carbons (Fsp3) is 0.333. The zero-order valence-electron chi connectivity index (χ0n) is 9.33. The van der Waals surface area contributed by atoms with Crippen molar-refractivity contribution in [3.8, 4) is 11.5 Å². The molecule has 0 bridgehead atoms. The van der Waals surface area contributed by atoms with Crippen molar-refractivity contribution in [1.82, 2.24) is 0 Å². The third-order valence-electron chi connectivity index (χ3n) is 2.64. The Balaban J connectivity index is 2.05. The van der Waals surface area contributed by atoms with E-state index in [-0.39, 0.29) is 13.0 Å². The standard InChI is InChI=1S/C12H12O6/c13-11(14)8(12(15)16)5-7-6-17-9-3-1-2-4-10(9)18-7/h1-4,7-8H,5-6H2,(H,13,14)(H,15,16)/p-2. The summed E-state index contributed by atoms with van der Waals surface area (Å²) in [7, 11) is 0. The summed E-state index contributed by atoms with van der Waals surface area (Å²) in [5.41, 5.74) is 0. The fourth-order valence-corrected chi connectivity index (χ4v) is 1.73. The predicted molar refractivity (Wildman–Crippen MR) is 54.5 cm³/mol. The molecule has 1 atom stereocenters. The first-order chi connectivity index (χ1) is 8.58. The normalized spacial score (nSPS) is 17.5. The van der Waals surface area contributed by atoms with E-state index < -0.39 is 24.0 Å². The van der Waals surface area contributed by atoms with Gasteiger partial charge in [0.2, 0.25) is 0 Å². The zero-order valence-corrected chi connectivity index (χ0v) is 9.33. The van der Waals surface area contributed by atoms with Gasteiger partial charge in [0.15, 0.2) is 11.5 Å². The molecular formula is C12H10O6-2. The van der Waals surface area contributed by atoms with E-state index in [0.29, 0.717) is 11.5 Å².